The van der Waals surface area contributed by atoms with Gasteiger partial charge in [0, 0.05) is 38.4 Å². The molecule has 0 saturated carbocycles. The Hall–Kier alpha value is -2.34. The van der Waals surface area contributed by atoms with Gasteiger partial charge in [-0.05, 0) is 55.8 Å². The first-order valence-electron chi connectivity index (χ1n) is 9.73. The van der Waals surface area contributed by atoms with Gasteiger partial charge in [-0.3, -0.25) is 9.69 Å². The van der Waals surface area contributed by atoms with E-state index in [2.05, 4.69) is 9.80 Å². The minimum atomic E-state index is -0.219. The van der Waals surface area contributed by atoms with E-state index in [1.165, 1.54) is 12.1 Å². The fourth-order valence-corrected chi connectivity index (χ4v) is 4.12. The second-order valence-electron chi connectivity index (χ2n) is 7.44. The van der Waals surface area contributed by atoms with Gasteiger partial charge in [-0.15, -0.1) is 0 Å². The number of halogens is 1. The van der Waals surface area contributed by atoms with Gasteiger partial charge in [-0.1, -0.05) is 0 Å². The fourth-order valence-electron chi connectivity index (χ4n) is 4.12. The second kappa shape index (κ2) is 8.13. The number of piperazine rings is 1. The Kier molecular flexibility index (Phi) is 5.43. The summed E-state index contributed by atoms with van der Waals surface area (Å²) in [6.45, 7) is 5.63. The highest BCUT2D eigenvalue weighted by molar-refractivity contribution is 5.79. The highest BCUT2D eigenvalue weighted by atomic mass is 19.1. The van der Waals surface area contributed by atoms with Crippen molar-refractivity contribution >= 4 is 11.6 Å². The van der Waals surface area contributed by atoms with Crippen molar-refractivity contribution in [3.05, 3.63) is 54.2 Å². The van der Waals surface area contributed by atoms with E-state index in [1.807, 2.05) is 17.0 Å². The third-order valence-electron chi connectivity index (χ3n) is 5.60. The van der Waals surface area contributed by atoms with Crippen molar-refractivity contribution in [3.63, 3.8) is 0 Å². The van der Waals surface area contributed by atoms with Crippen molar-refractivity contribution in [1.82, 2.24) is 9.80 Å². The fraction of sp³-hybridized carbons (Fsp3) is 0.476. The molecule has 1 aromatic heterocycles. The van der Waals surface area contributed by atoms with Crippen LogP contribution >= 0.6 is 0 Å². The number of rotatable bonds is 4. The van der Waals surface area contributed by atoms with E-state index in [4.69, 9.17) is 4.42 Å². The minimum Gasteiger partial charge on any atom is -0.468 e. The lowest BCUT2D eigenvalue weighted by Gasteiger charge is -2.39. The quantitative estimate of drug-likeness (QED) is 0.828. The summed E-state index contributed by atoms with van der Waals surface area (Å²) in [4.78, 5) is 19.5. The van der Waals surface area contributed by atoms with Crippen LogP contribution in [0.25, 0.3) is 0 Å². The van der Waals surface area contributed by atoms with Crippen molar-refractivity contribution < 1.29 is 13.6 Å². The molecule has 2 fully saturated rings. The van der Waals surface area contributed by atoms with E-state index in [9.17, 15) is 9.18 Å². The standard InChI is InChI=1S/C21H26FN3O2/c22-18-5-7-19(8-6-18)24-10-12-25(13-11-24)21(26)17-3-1-9-23(15-17)16-20-4-2-14-27-20/h2,4-8,14,17H,1,3,9-13,15-16H2. The van der Waals surface area contributed by atoms with Crippen LogP contribution in [0.1, 0.15) is 18.6 Å². The van der Waals surface area contributed by atoms with Gasteiger partial charge >= 0.3 is 0 Å². The lowest BCUT2D eigenvalue weighted by molar-refractivity contribution is -0.137. The molecule has 144 valence electrons. The molecule has 5 nitrogen and oxygen atoms in total. The Morgan fingerprint density at radius 1 is 1.07 bits per heavy atom. The van der Waals surface area contributed by atoms with Gasteiger partial charge in [0.05, 0.1) is 18.7 Å². The molecule has 1 amide bonds. The number of hydrogen-bond acceptors (Lipinski definition) is 4. The predicted molar refractivity (Wildman–Crippen MR) is 102 cm³/mol. The van der Waals surface area contributed by atoms with Crippen molar-refractivity contribution in [2.45, 2.75) is 19.4 Å². The largest absolute Gasteiger partial charge is 0.468 e. The van der Waals surface area contributed by atoms with Gasteiger partial charge in [0.15, 0.2) is 0 Å². The third kappa shape index (κ3) is 4.33. The number of benzene rings is 1. The van der Waals surface area contributed by atoms with Gasteiger partial charge in [-0.25, -0.2) is 4.39 Å². The lowest BCUT2D eigenvalue weighted by atomic mass is 9.96. The number of carbonyl (C=O) groups is 1. The van der Waals surface area contributed by atoms with Crippen molar-refractivity contribution in [2.75, 3.05) is 44.2 Å². The Morgan fingerprint density at radius 2 is 1.85 bits per heavy atom. The molecule has 2 saturated heterocycles. The van der Waals surface area contributed by atoms with Crippen LogP contribution in [0.2, 0.25) is 0 Å². The monoisotopic (exact) mass is 371 g/mol. The Morgan fingerprint density at radius 3 is 2.56 bits per heavy atom. The van der Waals surface area contributed by atoms with E-state index in [0.29, 0.717) is 0 Å². The summed E-state index contributed by atoms with van der Waals surface area (Å²) in [5, 5.41) is 0. The van der Waals surface area contributed by atoms with Crippen LogP contribution in [0.3, 0.4) is 0 Å². The maximum absolute atomic E-state index is 13.1. The first-order chi connectivity index (χ1) is 13.2. The average Bonchev–Trinajstić information content (AvgIpc) is 3.21. The van der Waals surface area contributed by atoms with Gasteiger partial charge in [0.2, 0.25) is 5.91 Å². The van der Waals surface area contributed by atoms with E-state index < -0.39 is 0 Å². The molecular weight excluding hydrogens is 345 g/mol. The molecule has 0 aliphatic carbocycles. The van der Waals surface area contributed by atoms with Crippen LogP contribution in [0.15, 0.2) is 47.1 Å². The molecule has 1 unspecified atom stereocenters. The molecule has 0 spiro atoms. The maximum Gasteiger partial charge on any atom is 0.227 e. The number of amides is 1. The topological polar surface area (TPSA) is 39.9 Å². The van der Waals surface area contributed by atoms with Crippen LogP contribution in [0.5, 0.6) is 0 Å². The smallest absolute Gasteiger partial charge is 0.227 e. The van der Waals surface area contributed by atoms with Crippen LogP contribution in [0, 0.1) is 11.7 Å². The number of hydrogen-bond donors (Lipinski definition) is 0. The summed E-state index contributed by atoms with van der Waals surface area (Å²) in [5.41, 5.74) is 1.02. The summed E-state index contributed by atoms with van der Waals surface area (Å²) in [5.74, 6) is 1.09. The van der Waals surface area contributed by atoms with Gasteiger partial charge < -0.3 is 14.2 Å². The van der Waals surface area contributed by atoms with Gasteiger partial charge in [0.25, 0.3) is 0 Å². The molecule has 0 N–H and O–H groups in total. The van der Waals surface area contributed by atoms with Crippen LogP contribution in [-0.4, -0.2) is 55.0 Å². The first-order valence-corrected chi connectivity index (χ1v) is 9.73. The number of nitrogens with zero attached hydrogens (tertiary/aromatic N) is 3. The number of anilines is 1. The number of furan rings is 1. The molecule has 27 heavy (non-hydrogen) atoms. The Balaban J connectivity index is 1.30. The van der Waals surface area contributed by atoms with E-state index >= 15 is 0 Å². The first kappa shape index (κ1) is 18.0. The van der Waals surface area contributed by atoms with Crippen molar-refractivity contribution in [3.8, 4) is 0 Å². The number of piperidine rings is 1. The normalized spacial score (nSPS) is 21.4. The maximum atomic E-state index is 13.1. The zero-order valence-corrected chi connectivity index (χ0v) is 15.5. The molecule has 1 atom stereocenters. The summed E-state index contributed by atoms with van der Waals surface area (Å²) < 4.78 is 18.5. The highest BCUT2D eigenvalue weighted by Gasteiger charge is 2.31. The third-order valence-corrected chi connectivity index (χ3v) is 5.60. The molecule has 0 radical (unpaired) electrons. The molecule has 2 aliphatic rings. The van der Waals surface area contributed by atoms with Crippen LogP contribution in [-0.2, 0) is 11.3 Å². The van der Waals surface area contributed by atoms with Crippen LogP contribution in [0.4, 0.5) is 10.1 Å². The molecule has 4 rings (SSSR count). The molecule has 1 aromatic carbocycles. The SMILES string of the molecule is O=C(C1CCCN(Cc2ccco2)C1)N1CCN(c2ccc(F)cc2)CC1. The molecule has 3 heterocycles. The van der Waals surface area contributed by atoms with Crippen LogP contribution < -0.4 is 4.90 Å². The summed E-state index contributed by atoms with van der Waals surface area (Å²) in [7, 11) is 0. The van der Waals surface area contributed by atoms with Crippen molar-refractivity contribution in [1.29, 1.82) is 0 Å². The zero-order chi connectivity index (χ0) is 18.6. The van der Waals surface area contributed by atoms with E-state index in [-0.39, 0.29) is 17.6 Å². The van der Waals surface area contributed by atoms with Gasteiger partial charge in [-0.2, -0.15) is 0 Å². The molecule has 2 aliphatic heterocycles. The number of carbonyl (C=O) groups excluding carboxylic acids is 1. The minimum absolute atomic E-state index is 0.0751. The highest BCUT2D eigenvalue weighted by Crippen LogP contribution is 2.23. The van der Waals surface area contributed by atoms with Gasteiger partial charge in [0.1, 0.15) is 11.6 Å². The molecular formula is C21H26FN3O2. The second-order valence-corrected chi connectivity index (χ2v) is 7.44. The molecule has 0 bridgehead atoms. The van der Waals surface area contributed by atoms with E-state index in [1.54, 1.807) is 18.4 Å². The van der Waals surface area contributed by atoms with E-state index in [0.717, 1.165) is 70.1 Å². The van der Waals surface area contributed by atoms with Crippen molar-refractivity contribution in [2.24, 2.45) is 5.92 Å². The Bertz CT molecular complexity index is 739. The summed E-state index contributed by atoms with van der Waals surface area (Å²) in [6, 6.07) is 10.5. The lowest BCUT2D eigenvalue weighted by Crippen LogP contribution is -2.52. The predicted octanol–water partition coefficient (Wildman–Crippen LogP) is 2.98. The Labute approximate surface area is 159 Å². The average molecular weight is 371 g/mol. The summed E-state index contributed by atoms with van der Waals surface area (Å²) >= 11 is 0. The summed E-state index contributed by atoms with van der Waals surface area (Å²) in [6.07, 6.45) is 3.71. The zero-order valence-electron chi connectivity index (χ0n) is 15.5. The molecule has 2 aromatic rings. The number of likely N-dealkylation sites (tertiary alicyclic amines) is 1. The molecule has 6 heteroatoms.